The van der Waals surface area contributed by atoms with Crippen LogP contribution >= 0.6 is 0 Å². The second kappa shape index (κ2) is 57.5. The Morgan fingerprint density at radius 1 is 0.392 bits per heavy atom. The van der Waals surface area contributed by atoms with Gasteiger partial charge in [-0.2, -0.15) is 0 Å². The first-order valence-corrected chi connectivity index (χ1v) is 34.9. The van der Waals surface area contributed by atoms with E-state index in [2.05, 4.69) is 19.2 Å². The summed E-state index contributed by atoms with van der Waals surface area (Å²) < 4.78 is 11.2. The number of carbonyl (C=O) groups is 1. The minimum absolute atomic E-state index is 0.268. The van der Waals surface area contributed by atoms with Crippen molar-refractivity contribution < 1.29 is 50.0 Å². The van der Waals surface area contributed by atoms with Crippen LogP contribution < -0.4 is 5.32 Å². The van der Waals surface area contributed by atoms with Crippen LogP contribution in [0.3, 0.4) is 0 Å². The Hall–Kier alpha value is -0.890. The lowest BCUT2D eigenvalue weighted by atomic mass is 9.98. The third-order valence-electron chi connectivity index (χ3n) is 17.4. The van der Waals surface area contributed by atoms with E-state index in [4.69, 9.17) is 9.47 Å². The van der Waals surface area contributed by atoms with Gasteiger partial charge in [0.2, 0.25) is 5.91 Å². The molecular formula is C68H135NO10. The van der Waals surface area contributed by atoms with E-state index in [0.717, 1.165) is 38.5 Å². The monoisotopic (exact) mass is 1130 g/mol. The number of nitrogens with one attached hydrogen (secondary N) is 1. The van der Waals surface area contributed by atoms with Crippen LogP contribution in [-0.4, -0.2) is 110 Å². The highest BCUT2D eigenvalue weighted by Crippen LogP contribution is 2.24. The van der Waals surface area contributed by atoms with Gasteiger partial charge < -0.3 is 50.5 Å². The molecule has 9 unspecified atom stereocenters. The number of hydrogen-bond donors (Lipinski definition) is 8. The molecule has 1 fully saturated rings. The lowest BCUT2D eigenvalue weighted by Crippen LogP contribution is -2.60. The molecule has 11 heteroatoms. The third-order valence-corrected chi connectivity index (χ3v) is 17.4. The lowest BCUT2D eigenvalue weighted by molar-refractivity contribution is -0.303. The minimum Gasteiger partial charge on any atom is -0.394 e. The molecule has 0 aromatic carbocycles. The topological polar surface area (TPSA) is 189 Å². The summed E-state index contributed by atoms with van der Waals surface area (Å²) in [5, 5.41) is 76.5. The number of aliphatic hydroxyl groups excluding tert-OH is 7. The second-order valence-corrected chi connectivity index (χ2v) is 25.0. The van der Waals surface area contributed by atoms with Crippen molar-refractivity contribution >= 4 is 5.91 Å². The van der Waals surface area contributed by atoms with Gasteiger partial charge in [-0.25, -0.2) is 0 Å². The first kappa shape index (κ1) is 76.1. The fraction of sp³-hybridized carbons (Fsp3) is 0.985. The summed E-state index contributed by atoms with van der Waals surface area (Å²) in [6, 6.07) is -1.16. The van der Waals surface area contributed by atoms with E-state index in [9.17, 15) is 40.5 Å². The average Bonchev–Trinajstić information content (AvgIpc) is 3.46. The molecule has 8 N–H and O–H groups in total. The molecule has 0 spiro atoms. The first-order chi connectivity index (χ1) is 38.7. The summed E-state index contributed by atoms with van der Waals surface area (Å²) in [6.07, 6.45) is 57.6. The van der Waals surface area contributed by atoms with Crippen LogP contribution in [0.15, 0.2) is 0 Å². The fourth-order valence-corrected chi connectivity index (χ4v) is 11.8. The molecule has 472 valence electrons. The predicted octanol–water partition coefficient (Wildman–Crippen LogP) is 16.5. The van der Waals surface area contributed by atoms with Crippen LogP contribution in [0.5, 0.6) is 0 Å². The Morgan fingerprint density at radius 3 is 0.937 bits per heavy atom. The molecule has 1 aliphatic rings. The highest BCUT2D eigenvalue weighted by molar-refractivity contribution is 5.80. The number of unbranched alkanes of at least 4 members (excludes halogenated alkanes) is 50. The zero-order valence-electron chi connectivity index (χ0n) is 52.1. The SMILES string of the molecule is CCCCCCCCCCCCCCCCCCCCCCCCCCCCCCCCCC(O)C(=O)NC(COC1OC(CO)C(O)C(O)C1O)C(O)C(O)CCCCCCCCCCCCCCCCCCCCCCC. The standard InChI is InChI=1S/C68H135NO10/c1-3-5-7-9-11-13-15-17-19-21-23-25-26-27-28-29-30-31-32-33-34-36-38-40-42-44-46-48-50-52-54-56-61(72)67(77)69-59(58-78-68-66(76)65(75)64(74)62(57-70)79-68)63(73)60(71)55-53-51-49-47-45-43-41-39-37-35-24-22-20-18-16-14-12-10-8-6-4-2/h59-66,68,70-76H,3-58H2,1-2H3,(H,69,77). The average molecular weight is 1130 g/mol. The van der Waals surface area contributed by atoms with E-state index in [1.807, 2.05) is 0 Å². The van der Waals surface area contributed by atoms with Gasteiger partial charge in [-0.05, 0) is 12.8 Å². The van der Waals surface area contributed by atoms with Gasteiger partial charge in [-0.15, -0.1) is 0 Å². The molecule has 0 saturated carbocycles. The zero-order chi connectivity index (χ0) is 57.5. The minimum atomic E-state index is -1.66. The number of ether oxygens (including phenoxy) is 2. The summed E-state index contributed by atoms with van der Waals surface area (Å²) in [4.78, 5) is 13.2. The van der Waals surface area contributed by atoms with Crippen LogP contribution in [0.4, 0.5) is 0 Å². The highest BCUT2D eigenvalue weighted by Gasteiger charge is 2.44. The Labute approximate surface area is 488 Å². The van der Waals surface area contributed by atoms with E-state index in [1.165, 1.54) is 283 Å². The molecule has 1 aliphatic heterocycles. The molecule has 0 aliphatic carbocycles. The van der Waals surface area contributed by atoms with Crippen molar-refractivity contribution in [1.82, 2.24) is 5.32 Å². The quantitative estimate of drug-likeness (QED) is 0.0272. The van der Waals surface area contributed by atoms with Crippen molar-refractivity contribution in [3.8, 4) is 0 Å². The molecule has 11 nitrogen and oxygen atoms in total. The number of amides is 1. The number of aliphatic hydroxyl groups is 7. The van der Waals surface area contributed by atoms with E-state index >= 15 is 0 Å². The molecule has 1 saturated heterocycles. The lowest BCUT2D eigenvalue weighted by Gasteiger charge is -2.40. The fourth-order valence-electron chi connectivity index (χ4n) is 11.8. The molecule has 1 amide bonds. The second-order valence-electron chi connectivity index (χ2n) is 25.0. The van der Waals surface area contributed by atoms with Gasteiger partial charge >= 0.3 is 0 Å². The summed E-state index contributed by atoms with van der Waals surface area (Å²) in [5.41, 5.74) is 0. The van der Waals surface area contributed by atoms with Crippen LogP contribution in [-0.2, 0) is 14.3 Å². The molecule has 79 heavy (non-hydrogen) atoms. The third kappa shape index (κ3) is 45.2. The Kier molecular flexibility index (Phi) is 55.4. The first-order valence-electron chi connectivity index (χ1n) is 34.9. The van der Waals surface area contributed by atoms with Gasteiger partial charge in [0.05, 0.1) is 25.4 Å². The maximum atomic E-state index is 13.2. The van der Waals surface area contributed by atoms with E-state index < -0.39 is 74.2 Å². The van der Waals surface area contributed by atoms with Gasteiger partial charge in [-0.3, -0.25) is 4.79 Å². The summed E-state index contributed by atoms with van der Waals surface area (Å²) in [7, 11) is 0. The van der Waals surface area contributed by atoms with E-state index in [1.54, 1.807) is 0 Å². The van der Waals surface area contributed by atoms with Gasteiger partial charge in [0.1, 0.15) is 36.6 Å². The van der Waals surface area contributed by atoms with Crippen molar-refractivity contribution in [3.63, 3.8) is 0 Å². The van der Waals surface area contributed by atoms with Crippen molar-refractivity contribution in [2.24, 2.45) is 0 Å². The molecule has 9 atom stereocenters. The number of carbonyl (C=O) groups excluding carboxylic acids is 1. The normalized spacial score (nSPS) is 19.2. The maximum absolute atomic E-state index is 13.2. The largest absolute Gasteiger partial charge is 0.394 e. The van der Waals surface area contributed by atoms with Crippen molar-refractivity contribution in [2.45, 2.75) is 416 Å². The van der Waals surface area contributed by atoms with E-state index in [0.29, 0.717) is 19.3 Å². The smallest absolute Gasteiger partial charge is 0.249 e. The van der Waals surface area contributed by atoms with Gasteiger partial charge in [-0.1, -0.05) is 348 Å². The van der Waals surface area contributed by atoms with Crippen molar-refractivity contribution in [3.05, 3.63) is 0 Å². The Balaban J connectivity index is 2.17. The molecule has 0 bridgehead atoms. The van der Waals surface area contributed by atoms with Crippen LogP contribution in [0, 0.1) is 0 Å². The van der Waals surface area contributed by atoms with Crippen LogP contribution in [0.2, 0.25) is 0 Å². The molecule has 0 radical (unpaired) electrons. The molecular weight excluding hydrogens is 991 g/mol. The van der Waals surface area contributed by atoms with Crippen LogP contribution in [0.25, 0.3) is 0 Å². The zero-order valence-corrected chi connectivity index (χ0v) is 52.1. The number of rotatable bonds is 62. The van der Waals surface area contributed by atoms with Gasteiger partial charge in [0.25, 0.3) is 0 Å². The van der Waals surface area contributed by atoms with Crippen molar-refractivity contribution in [1.29, 1.82) is 0 Å². The van der Waals surface area contributed by atoms with Crippen LogP contribution in [0.1, 0.15) is 361 Å². The Bertz CT molecular complexity index is 1250. The summed E-state index contributed by atoms with van der Waals surface area (Å²) >= 11 is 0. The highest BCUT2D eigenvalue weighted by atomic mass is 16.7. The van der Waals surface area contributed by atoms with Gasteiger partial charge in [0, 0.05) is 0 Å². The number of hydrogen-bond acceptors (Lipinski definition) is 10. The van der Waals surface area contributed by atoms with Crippen molar-refractivity contribution in [2.75, 3.05) is 13.2 Å². The molecule has 0 aromatic heterocycles. The molecule has 1 heterocycles. The maximum Gasteiger partial charge on any atom is 0.249 e. The van der Waals surface area contributed by atoms with Gasteiger partial charge in [0.15, 0.2) is 6.29 Å². The summed E-state index contributed by atoms with van der Waals surface area (Å²) in [5.74, 6) is -0.687. The molecule has 0 aromatic rings. The summed E-state index contributed by atoms with van der Waals surface area (Å²) in [6.45, 7) is 3.53. The molecule has 1 rings (SSSR count). The Morgan fingerprint density at radius 2 is 0.658 bits per heavy atom. The predicted molar refractivity (Wildman–Crippen MR) is 330 cm³/mol. The van der Waals surface area contributed by atoms with E-state index in [-0.39, 0.29) is 6.42 Å².